The molecule has 10 rings (SSSR count). The van der Waals surface area contributed by atoms with E-state index in [4.69, 9.17) is 4.42 Å². The van der Waals surface area contributed by atoms with Gasteiger partial charge in [0.1, 0.15) is 11.2 Å². The third kappa shape index (κ3) is 4.02. The molecular formula is C48H37NO. The molecular weight excluding hydrogens is 607 g/mol. The summed E-state index contributed by atoms with van der Waals surface area (Å²) in [5.74, 6) is 0. The van der Waals surface area contributed by atoms with E-state index in [2.05, 4.69) is 172 Å². The largest absolute Gasteiger partial charge is 0.456 e. The van der Waals surface area contributed by atoms with Crippen molar-refractivity contribution in [2.24, 2.45) is 0 Å². The number of nitrogens with zero attached hydrogens (tertiary/aromatic N) is 1. The van der Waals surface area contributed by atoms with Crippen molar-refractivity contribution in [3.8, 4) is 33.4 Å². The number of para-hydroxylation sites is 1. The van der Waals surface area contributed by atoms with Crippen molar-refractivity contribution in [3.63, 3.8) is 0 Å². The number of fused-ring (bicyclic) bond motifs is 9. The molecule has 240 valence electrons. The number of anilines is 3. The molecule has 0 spiro atoms. The van der Waals surface area contributed by atoms with Gasteiger partial charge in [0.2, 0.25) is 0 Å². The molecule has 0 N–H and O–H groups in total. The molecule has 8 aromatic rings. The second-order valence-corrected chi connectivity index (χ2v) is 15.0. The van der Waals surface area contributed by atoms with Crippen LogP contribution in [0.25, 0.3) is 55.3 Å². The van der Waals surface area contributed by atoms with E-state index in [1.807, 2.05) is 12.1 Å². The molecule has 0 bridgehead atoms. The van der Waals surface area contributed by atoms with Gasteiger partial charge in [-0.1, -0.05) is 131 Å². The summed E-state index contributed by atoms with van der Waals surface area (Å²) in [6, 6.07) is 55.7. The van der Waals surface area contributed by atoms with Gasteiger partial charge in [-0.2, -0.15) is 0 Å². The highest BCUT2D eigenvalue weighted by molar-refractivity contribution is 6.12. The molecule has 1 heterocycles. The molecule has 0 amide bonds. The monoisotopic (exact) mass is 643 g/mol. The first-order chi connectivity index (χ1) is 24.3. The Balaban J connectivity index is 1.15. The summed E-state index contributed by atoms with van der Waals surface area (Å²) in [4.78, 5) is 2.43. The number of furan rings is 1. The van der Waals surface area contributed by atoms with Gasteiger partial charge < -0.3 is 9.32 Å². The number of hydrogen-bond donors (Lipinski definition) is 0. The van der Waals surface area contributed by atoms with E-state index in [1.165, 1.54) is 55.6 Å². The molecule has 2 nitrogen and oxygen atoms in total. The maximum atomic E-state index is 6.24. The molecule has 7 aromatic carbocycles. The Kier molecular flexibility index (Phi) is 6.01. The molecule has 0 unspecified atom stereocenters. The minimum atomic E-state index is -0.0436. The highest BCUT2D eigenvalue weighted by Crippen LogP contribution is 2.53. The topological polar surface area (TPSA) is 16.4 Å². The molecule has 50 heavy (non-hydrogen) atoms. The molecule has 1 aromatic heterocycles. The second-order valence-electron chi connectivity index (χ2n) is 15.0. The van der Waals surface area contributed by atoms with Crippen LogP contribution in [0.1, 0.15) is 49.9 Å². The first kappa shape index (κ1) is 29.1. The average Bonchev–Trinajstić information content (AvgIpc) is 3.72. The number of rotatable bonds is 4. The lowest BCUT2D eigenvalue weighted by atomic mass is 9.82. The first-order valence-electron chi connectivity index (χ1n) is 17.6. The highest BCUT2D eigenvalue weighted by atomic mass is 16.3. The van der Waals surface area contributed by atoms with Crippen LogP contribution < -0.4 is 4.90 Å². The fraction of sp³-hybridized carbons (Fsp3) is 0.125. The second kappa shape index (κ2) is 10.3. The number of hydrogen-bond acceptors (Lipinski definition) is 2. The third-order valence-corrected chi connectivity index (χ3v) is 11.5. The van der Waals surface area contributed by atoms with Gasteiger partial charge in [0.15, 0.2) is 0 Å². The first-order valence-corrected chi connectivity index (χ1v) is 17.6. The molecule has 0 aliphatic heterocycles. The minimum absolute atomic E-state index is 0.0436. The summed E-state index contributed by atoms with van der Waals surface area (Å²) in [5.41, 5.74) is 18.3. The summed E-state index contributed by atoms with van der Waals surface area (Å²) in [5, 5.41) is 2.30. The maximum Gasteiger partial charge on any atom is 0.136 e. The van der Waals surface area contributed by atoms with Crippen molar-refractivity contribution >= 4 is 39.0 Å². The van der Waals surface area contributed by atoms with E-state index in [0.717, 1.165) is 39.0 Å². The summed E-state index contributed by atoms with van der Waals surface area (Å²) < 4.78 is 6.24. The molecule has 0 atom stereocenters. The summed E-state index contributed by atoms with van der Waals surface area (Å²) in [6.45, 7) is 9.38. The van der Waals surface area contributed by atoms with E-state index in [0.29, 0.717) is 0 Å². The van der Waals surface area contributed by atoms with Crippen LogP contribution in [0.15, 0.2) is 156 Å². The highest BCUT2D eigenvalue weighted by Gasteiger charge is 2.37. The van der Waals surface area contributed by atoms with Crippen LogP contribution >= 0.6 is 0 Å². The Hall–Kier alpha value is -5.86. The predicted octanol–water partition coefficient (Wildman–Crippen LogP) is 13.3. The Bertz CT molecular complexity index is 2550. The van der Waals surface area contributed by atoms with Crippen LogP contribution in [0.4, 0.5) is 17.1 Å². The van der Waals surface area contributed by atoms with E-state index in [-0.39, 0.29) is 10.8 Å². The molecule has 0 saturated heterocycles. The smallest absolute Gasteiger partial charge is 0.136 e. The van der Waals surface area contributed by atoms with E-state index < -0.39 is 0 Å². The molecule has 0 radical (unpaired) electrons. The van der Waals surface area contributed by atoms with Crippen LogP contribution in [-0.4, -0.2) is 0 Å². The zero-order valence-electron chi connectivity index (χ0n) is 28.8. The molecule has 2 aliphatic rings. The normalized spacial score (nSPS) is 14.7. The van der Waals surface area contributed by atoms with Crippen molar-refractivity contribution < 1.29 is 4.42 Å². The lowest BCUT2D eigenvalue weighted by Gasteiger charge is -2.28. The molecule has 0 saturated carbocycles. The summed E-state index contributed by atoms with van der Waals surface area (Å²) in [7, 11) is 0. The van der Waals surface area contributed by atoms with Crippen LogP contribution in [0.5, 0.6) is 0 Å². The van der Waals surface area contributed by atoms with Gasteiger partial charge in [-0.05, 0) is 104 Å². The Morgan fingerprint density at radius 3 is 1.50 bits per heavy atom. The quantitative estimate of drug-likeness (QED) is 0.190. The van der Waals surface area contributed by atoms with Crippen molar-refractivity contribution in [1.29, 1.82) is 0 Å². The van der Waals surface area contributed by atoms with Gasteiger partial charge in [-0.3, -0.25) is 0 Å². The van der Waals surface area contributed by atoms with Crippen molar-refractivity contribution in [2.45, 2.75) is 38.5 Å². The van der Waals surface area contributed by atoms with Crippen LogP contribution in [-0.2, 0) is 10.8 Å². The van der Waals surface area contributed by atoms with Crippen LogP contribution in [0.2, 0.25) is 0 Å². The molecule has 0 fully saturated rings. The van der Waals surface area contributed by atoms with Gasteiger partial charge in [-0.25, -0.2) is 0 Å². The lowest BCUT2D eigenvalue weighted by Crippen LogP contribution is -2.16. The van der Waals surface area contributed by atoms with Gasteiger partial charge in [0.25, 0.3) is 0 Å². The fourth-order valence-electron chi connectivity index (χ4n) is 8.95. The predicted molar refractivity (Wildman–Crippen MR) is 209 cm³/mol. The van der Waals surface area contributed by atoms with E-state index in [9.17, 15) is 0 Å². The van der Waals surface area contributed by atoms with Gasteiger partial charge in [0, 0.05) is 38.7 Å². The summed E-state index contributed by atoms with van der Waals surface area (Å²) >= 11 is 0. The minimum Gasteiger partial charge on any atom is -0.456 e. The Morgan fingerprint density at radius 2 is 0.880 bits per heavy atom. The maximum absolute atomic E-state index is 6.24. The van der Waals surface area contributed by atoms with Crippen LogP contribution in [0, 0.1) is 0 Å². The van der Waals surface area contributed by atoms with Crippen molar-refractivity contribution in [2.75, 3.05) is 4.90 Å². The van der Waals surface area contributed by atoms with E-state index >= 15 is 0 Å². The zero-order valence-corrected chi connectivity index (χ0v) is 28.8. The van der Waals surface area contributed by atoms with Gasteiger partial charge >= 0.3 is 0 Å². The standard InChI is InChI=1S/C48H37NO/c1-47(2)40-16-8-5-12-35(40)38-28-32(24-26-42(38)47)49(33-25-27-43-39(29-33)36-13-6-9-17-41(36)48(43,3)4)31-22-20-30(21-23-31)34-15-11-19-45-46(34)37-14-7-10-18-44(37)50-45/h5-29H,1-4H3. The SMILES string of the molecule is CC1(C)c2ccccc2-c2cc(N(c3ccc(-c4cccc5oc6ccccc6c45)cc3)c3ccc4c(c3)-c3ccccc3C4(C)C)ccc21. The Labute approximate surface area is 293 Å². The van der Waals surface area contributed by atoms with E-state index in [1.54, 1.807) is 0 Å². The van der Waals surface area contributed by atoms with Crippen LogP contribution in [0.3, 0.4) is 0 Å². The van der Waals surface area contributed by atoms with Crippen molar-refractivity contribution in [3.05, 3.63) is 174 Å². The van der Waals surface area contributed by atoms with Crippen molar-refractivity contribution in [1.82, 2.24) is 0 Å². The average molecular weight is 644 g/mol. The molecule has 2 aliphatic carbocycles. The fourth-order valence-corrected chi connectivity index (χ4v) is 8.95. The zero-order chi connectivity index (χ0) is 33.8. The van der Waals surface area contributed by atoms with Gasteiger partial charge in [0.05, 0.1) is 0 Å². The van der Waals surface area contributed by atoms with Gasteiger partial charge in [-0.15, -0.1) is 0 Å². The lowest BCUT2D eigenvalue weighted by molar-refractivity contribution is 0.660. The Morgan fingerprint density at radius 1 is 0.400 bits per heavy atom. The third-order valence-electron chi connectivity index (χ3n) is 11.5. The molecule has 2 heteroatoms. The number of benzene rings is 7. The summed E-state index contributed by atoms with van der Waals surface area (Å²) in [6.07, 6.45) is 0.